The van der Waals surface area contributed by atoms with E-state index in [1.165, 1.54) is 12.1 Å². The summed E-state index contributed by atoms with van der Waals surface area (Å²) in [4.78, 5) is 0.197. The Kier molecular flexibility index (Phi) is 4.31. The van der Waals surface area contributed by atoms with E-state index in [-0.39, 0.29) is 21.9 Å². The molecular formula is C16H23NO4S2. The van der Waals surface area contributed by atoms with Gasteiger partial charge >= 0.3 is 0 Å². The van der Waals surface area contributed by atoms with Crippen molar-refractivity contribution in [3.05, 3.63) is 23.8 Å². The van der Waals surface area contributed by atoms with Crippen LogP contribution in [0.5, 0.6) is 0 Å². The third kappa shape index (κ3) is 3.32. The van der Waals surface area contributed by atoms with E-state index >= 15 is 0 Å². The van der Waals surface area contributed by atoms with Crippen LogP contribution in [0.4, 0.5) is 0 Å². The van der Waals surface area contributed by atoms with Crippen molar-refractivity contribution in [2.75, 3.05) is 6.26 Å². The standard InChI is InChI=1S/C16H23NO4S2/c1-12-7-10-15(22(2,18)19)11-16(12)23(20,21)17(14-8-9-14)13-5-3-4-6-13/h7,10-11,13-14H,3-6,8-9H2,1-2H3. The van der Waals surface area contributed by atoms with Crippen LogP contribution in [0.25, 0.3) is 0 Å². The van der Waals surface area contributed by atoms with Gasteiger partial charge in [0.1, 0.15) is 0 Å². The van der Waals surface area contributed by atoms with E-state index < -0.39 is 19.9 Å². The first-order valence-electron chi connectivity index (χ1n) is 8.05. The Balaban J connectivity index is 2.07. The zero-order valence-corrected chi connectivity index (χ0v) is 15.2. The summed E-state index contributed by atoms with van der Waals surface area (Å²) in [7, 11) is -7.10. The number of rotatable bonds is 5. The molecule has 0 bridgehead atoms. The first kappa shape index (κ1) is 16.9. The first-order valence-corrected chi connectivity index (χ1v) is 11.4. The van der Waals surface area contributed by atoms with Gasteiger partial charge in [-0.05, 0) is 50.3 Å². The number of benzene rings is 1. The molecule has 0 N–H and O–H groups in total. The molecule has 5 nitrogen and oxygen atoms in total. The highest BCUT2D eigenvalue weighted by Crippen LogP contribution is 2.39. The lowest BCUT2D eigenvalue weighted by Gasteiger charge is -2.28. The molecule has 2 saturated carbocycles. The van der Waals surface area contributed by atoms with Crippen LogP contribution in [0.1, 0.15) is 44.1 Å². The van der Waals surface area contributed by atoms with Crippen molar-refractivity contribution in [1.82, 2.24) is 4.31 Å². The summed E-state index contributed by atoms with van der Waals surface area (Å²) >= 11 is 0. The van der Waals surface area contributed by atoms with Gasteiger partial charge in [-0.2, -0.15) is 4.31 Å². The predicted octanol–water partition coefficient (Wildman–Crippen LogP) is 2.49. The molecule has 1 aromatic carbocycles. The van der Waals surface area contributed by atoms with Crippen LogP contribution < -0.4 is 0 Å². The molecule has 0 atom stereocenters. The van der Waals surface area contributed by atoms with Gasteiger partial charge in [-0.25, -0.2) is 16.8 Å². The van der Waals surface area contributed by atoms with Crippen LogP contribution in [0.3, 0.4) is 0 Å². The summed E-state index contributed by atoms with van der Waals surface area (Å²) in [6, 6.07) is 4.53. The molecule has 0 aromatic heterocycles. The lowest BCUT2D eigenvalue weighted by atomic mass is 10.2. The van der Waals surface area contributed by atoms with Gasteiger partial charge in [0.15, 0.2) is 9.84 Å². The Labute approximate surface area is 138 Å². The molecule has 3 rings (SSSR count). The van der Waals surface area contributed by atoms with Gasteiger partial charge in [0.25, 0.3) is 0 Å². The minimum absolute atomic E-state index is 0.0591. The minimum Gasteiger partial charge on any atom is -0.224 e. The Bertz CT molecular complexity index is 804. The van der Waals surface area contributed by atoms with Gasteiger partial charge in [0.05, 0.1) is 9.79 Å². The molecule has 0 spiro atoms. The van der Waals surface area contributed by atoms with E-state index in [1.54, 1.807) is 17.3 Å². The van der Waals surface area contributed by atoms with Crippen LogP contribution in [0, 0.1) is 6.92 Å². The maximum atomic E-state index is 13.2. The van der Waals surface area contributed by atoms with Crippen molar-refractivity contribution in [2.45, 2.75) is 67.3 Å². The summed E-state index contributed by atoms with van der Waals surface area (Å²) in [5.74, 6) is 0. The van der Waals surface area contributed by atoms with Gasteiger partial charge in [-0.15, -0.1) is 0 Å². The second-order valence-corrected chi connectivity index (χ2v) is 10.5. The maximum Gasteiger partial charge on any atom is 0.243 e. The van der Waals surface area contributed by atoms with Gasteiger partial charge in [0, 0.05) is 18.3 Å². The predicted molar refractivity (Wildman–Crippen MR) is 88.6 cm³/mol. The summed E-state index contributed by atoms with van der Waals surface area (Å²) in [6.45, 7) is 1.72. The first-order chi connectivity index (χ1) is 10.7. The number of nitrogens with zero attached hydrogens (tertiary/aromatic N) is 1. The summed E-state index contributed by atoms with van der Waals surface area (Å²) in [6.07, 6.45) is 6.84. The van der Waals surface area contributed by atoms with Crippen molar-refractivity contribution >= 4 is 19.9 Å². The Morgan fingerprint density at radius 1 is 0.957 bits per heavy atom. The van der Waals surface area contributed by atoms with Gasteiger partial charge in [0.2, 0.25) is 10.0 Å². The second kappa shape index (κ2) is 5.86. The highest BCUT2D eigenvalue weighted by atomic mass is 32.2. The molecule has 0 unspecified atom stereocenters. The highest BCUT2D eigenvalue weighted by Gasteiger charge is 2.43. The molecule has 2 aliphatic rings. The van der Waals surface area contributed by atoms with E-state index in [1.807, 2.05) is 0 Å². The van der Waals surface area contributed by atoms with Crippen LogP contribution >= 0.6 is 0 Å². The Hall–Kier alpha value is -0.920. The zero-order chi connectivity index (χ0) is 16.8. The number of aryl methyl sites for hydroxylation is 1. The Morgan fingerprint density at radius 2 is 1.52 bits per heavy atom. The topological polar surface area (TPSA) is 71.5 Å². The third-order valence-electron chi connectivity index (χ3n) is 4.73. The second-order valence-electron chi connectivity index (χ2n) is 6.70. The number of hydrogen-bond donors (Lipinski definition) is 0. The zero-order valence-electron chi connectivity index (χ0n) is 13.5. The minimum atomic E-state index is -3.67. The van der Waals surface area contributed by atoms with Crippen molar-refractivity contribution < 1.29 is 16.8 Å². The number of sulfone groups is 1. The Morgan fingerprint density at radius 3 is 2.04 bits per heavy atom. The van der Waals surface area contributed by atoms with Gasteiger partial charge in [-0.3, -0.25) is 0 Å². The molecule has 2 aliphatic carbocycles. The molecule has 23 heavy (non-hydrogen) atoms. The van der Waals surface area contributed by atoms with E-state index in [0.29, 0.717) is 5.56 Å². The van der Waals surface area contributed by atoms with Crippen LogP contribution in [0.15, 0.2) is 28.0 Å². The summed E-state index contributed by atoms with van der Waals surface area (Å²) in [5, 5.41) is 0. The quantitative estimate of drug-likeness (QED) is 0.812. The van der Waals surface area contributed by atoms with Crippen LogP contribution in [-0.4, -0.2) is 39.5 Å². The molecule has 0 heterocycles. The average molecular weight is 357 g/mol. The average Bonchev–Trinajstić information content (AvgIpc) is 3.11. The van der Waals surface area contributed by atoms with E-state index in [2.05, 4.69) is 0 Å². The lowest BCUT2D eigenvalue weighted by molar-refractivity contribution is 0.314. The van der Waals surface area contributed by atoms with Crippen LogP contribution in [0.2, 0.25) is 0 Å². The molecule has 2 fully saturated rings. The summed E-state index contributed by atoms with van der Waals surface area (Å²) < 4.78 is 51.7. The third-order valence-corrected chi connectivity index (χ3v) is 7.99. The van der Waals surface area contributed by atoms with Crippen molar-refractivity contribution in [2.24, 2.45) is 0 Å². The van der Waals surface area contributed by atoms with E-state index in [4.69, 9.17) is 0 Å². The lowest BCUT2D eigenvalue weighted by Crippen LogP contribution is -2.40. The molecule has 0 radical (unpaired) electrons. The highest BCUT2D eigenvalue weighted by molar-refractivity contribution is 7.91. The van der Waals surface area contributed by atoms with Gasteiger partial charge < -0.3 is 0 Å². The smallest absolute Gasteiger partial charge is 0.224 e. The van der Waals surface area contributed by atoms with E-state index in [0.717, 1.165) is 44.8 Å². The normalized spacial score (nSPS) is 20.3. The summed E-state index contributed by atoms with van der Waals surface area (Å²) in [5.41, 5.74) is 0.598. The number of sulfonamides is 1. The molecular weight excluding hydrogens is 334 g/mol. The van der Waals surface area contributed by atoms with Crippen molar-refractivity contribution in [3.8, 4) is 0 Å². The van der Waals surface area contributed by atoms with Crippen molar-refractivity contribution in [3.63, 3.8) is 0 Å². The SMILES string of the molecule is Cc1ccc(S(C)(=O)=O)cc1S(=O)(=O)N(C1CCCC1)C1CC1. The molecule has 0 saturated heterocycles. The molecule has 1 aromatic rings. The van der Waals surface area contributed by atoms with E-state index in [9.17, 15) is 16.8 Å². The molecule has 0 aliphatic heterocycles. The van der Waals surface area contributed by atoms with Crippen LogP contribution in [-0.2, 0) is 19.9 Å². The number of hydrogen-bond acceptors (Lipinski definition) is 4. The monoisotopic (exact) mass is 357 g/mol. The maximum absolute atomic E-state index is 13.2. The molecule has 0 amide bonds. The fourth-order valence-corrected chi connectivity index (χ4v) is 6.29. The molecule has 128 valence electrons. The molecule has 7 heteroatoms. The fraction of sp³-hybridized carbons (Fsp3) is 0.625. The largest absolute Gasteiger partial charge is 0.243 e. The van der Waals surface area contributed by atoms with Gasteiger partial charge in [-0.1, -0.05) is 18.9 Å². The fourth-order valence-electron chi connectivity index (χ4n) is 3.38. The van der Waals surface area contributed by atoms with Crippen molar-refractivity contribution in [1.29, 1.82) is 0 Å².